The molecule has 1 saturated heterocycles. The summed E-state index contributed by atoms with van der Waals surface area (Å²) in [5, 5.41) is 10.1. The highest BCUT2D eigenvalue weighted by Crippen LogP contribution is 2.54. The number of hydrogen-bond acceptors (Lipinski definition) is 10. The molecule has 2 aromatic heterocycles. The first-order valence-electron chi connectivity index (χ1n) is 25.7. The maximum atomic E-state index is 14.5. The third kappa shape index (κ3) is 9.63. The van der Waals surface area contributed by atoms with Crippen molar-refractivity contribution in [2.75, 3.05) is 18.1 Å². The number of aromatic nitrogens is 2. The molecule has 2 aliphatic carbocycles. The van der Waals surface area contributed by atoms with Crippen LogP contribution in [0.25, 0.3) is 33.8 Å². The Morgan fingerprint density at radius 1 is 0.750 bits per heavy atom. The van der Waals surface area contributed by atoms with Gasteiger partial charge in [-0.25, -0.2) is 0 Å². The zero-order valence-electron chi connectivity index (χ0n) is 41.1. The number of amides is 1. The molecule has 72 heavy (non-hydrogen) atoms. The Balaban J connectivity index is 1.03. The average Bonchev–Trinajstić information content (AvgIpc) is 4.23. The molecule has 4 aromatic carbocycles. The average molecular weight is 1040 g/mol. The molecule has 2 aliphatic heterocycles. The molecule has 14 heteroatoms. The van der Waals surface area contributed by atoms with Crippen LogP contribution in [0.5, 0.6) is 5.75 Å². The van der Waals surface area contributed by atoms with E-state index in [1.54, 1.807) is 4.57 Å². The largest absolute Gasteiger partial charge is 0.494 e. The lowest BCUT2D eigenvalue weighted by molar-refractivity contribution is -0.137. The predicted octanol–water partition coefficient (Wildman–Crippen LogP) is 11.6. The highest BCUT2D eigenvalue weighted by atomic mass is 32.2. The molecule has 4 heterocycles. The summed E-state index contributed by atoms with van der Waals surface area (Å²) in [5.74, 6) is -0.239. The molecule has 0 radical (unpaired) electrons. The third-order valence-electron chi connectivity index (χ3n) is 14.5. The van der Waals surface area contributed by atoms with E-state index in [2.05, 4.69) is 104 Å². The number of ether oxygens (including phenoxy) is 1. The van der Waals surface area contributed by atoms with E-state index < -0.39 is 18.1 Å². The normalized spacial score (nSPS) is 18.9. The van der Waals surface area contributed by atoms with Crippen molar-refractivity contribution < 1.29 is 19.4 Å². The van der Waals surface area contributed by atoms with E-state index in [1.807, 2.05) is 19.1 Å². The number of thiazole rings is 2. The van der Waals surface area contributed by atoms with Crippen LogP contribution in [-0.2, 0) is 22.7 Å². The van der Waals surface area contributed by atoms with Gasteiger partial charge < -0.3 is 14.7 Å². The Morgan fingerprint density at radius 2 is 1.49 bits per heavy atom. The predicted molar refractivity (Wildman–Crippen MR) is 299 cm³/mol. The summed E-state index contributed by atoms with van der Waals surface area (Å²) in [6.45, 7) is 7.17. The fraction of sp³-hybridized carbons (Fsp3) is 0.362. The summed E-state index contributed by atoms with van der Waals surface area (Å²) in [6.07, 6.45) is 16.9. The SMILES string of the molecule is CCCCCCCCn1c(=O)/c(=c2\s/c(=C\c3ccc4c(c3)C3CCCC3N4c3ccc4c(c3)/C(=C/c3ccc(OCCCCC)cc3)c3ccccc3-4)c(=O)n2CC(=O)O)s/c1=C1/SC(=S)N(CC)C1=O. The van der Waals surface area contributed by atoms with E-state index in [9.17, 15) is 24.3 Å². The van der Waals surface area contributed by atoms with Gasteiger partial charge in [-0.15, -0.1) is 22.7 Å². The first kappa shape index (κ1) is 49.8. The Hall–Kier alpha value is -5.80. The molecule has 0 spiro atoms. The summed E-state index contributed by atoms with van der Waals surface area (Å²) in [7, 11) is 0. The Kier molecular flexibility index (Phi) is 15.0. The summed E-state index contributed by atoms with van der Waals surface area (Å²) in [4.78, 5) is 59.4. The van der Waals surface area contributed by atoms with E-state index in [0.717, 1.165) is 135 Å². The lowest BCUT2D eigenvalue weighted by Gasteiger charge is -2.28. The van der Waals surface area contributed by atoms with E-state index in [-0.39, 0.29) is 26.7 Å². The van der Waals surface area contributed by atoms with Crippen molar-refractivity contribution in [1.82, 2.24) is 14.0 Å². The van der Waals surface area contributed by atoms with Gasteiger partial charge in [0.1, 0.15) is 35.4 Å². The highest BCUT2D eigenvalue weighted by Gasteiger charge is 2.42. The van der Waals surface area contributed by atoms with Gasteiger partial charge in [-0.2, -0.15) is 0 Å². The van der Waals surface area contributed by atoms with Gasteiger partial charge in [-0.3, -0.25) is 33.2 Å². The number of thiocarbonyl (C=S) groups is 1. The Bertz CT molecular complexity index is 3480. The number of carboxylic acids is 1. The maximum absolute atomic E-state index is 14.5. The maximum Gasteiger partial charge on any atom is 0.323 e. The van der Waals surface area contributed by atoms with Gasteiger partial charge in [0.15, 0.2) is 0 Å². The van der Waals surface area contributed by atoms with Gasteiger partial charge in [0.25, 0.3) is 17.0 Å². The summed E-state index contributed by atoms with van der Waals surface area (Å²) in [5.41, 5.74) is 10.8. The number of fused-ring (bicyclic) bond motifs is 6. The molecular formula is C58H60N4O6S4. The summed E-state index contributed by atoms with van der Waals surface area (Å²) < 4.78 is 10.7. The van der Waals surface area contributed by atoms with Gasteiger partial charge in [-0.05, 0) is 126 Å². The molecule has 1 saturated carbocycles. The molecule has 6 aromatic rings. The number of nitrogens with zero attached hydrogens (tertiary/aromatic N) is 4. The van der Waals surface area contributed by atoms with Crippen LogP contribution in [0.15, 0.2) is 94.5 Å². The minimum Gasteiger partial charge on any atom is -0.494 e. The van der Waals surface area contributed by atoms with Crippen LogP contribution in [0.2, 0.25) is 0 Å². The van der Waals surface area contributed by atoms with Crippen molar-refractivity contribution in [3.8, 4) is 16.9 Å². The standard InChI is InChI=1S/C58H60N4O6S4/c1-4-7-9-10-11-14-29-60-55(67)51(71-56(60)52-54(66)59(6-3)58(69)72-52)57-61(35-50(63)64)53(65)49(70-57)33-37-23-28-48-46(32-37)43-19-16-20-47(43)62(48)38-24-27-42-40-17-12-13-18-41(40)44(45(42)34-38)31-36-21-25-39(26-22-36)68-30-15-8-5-2/h12-13,17-18,21-28,31-34,43,47H,4-11,14-16,19-20,29-30,35H2,1-3H3,(H,63,64)/b44-31+,49-33-,56-52+,57-51+. The second-order valence-electron chi connectivity index (χ2n) is 19.2. The van der Waals surface area contributed by atoms with E-state index >= 15 is 0 Å². The molecule has 2 unspecified atom stereocenters. The van der Waals surface area contributed by atoms with E-state index in [0.29, 0.717) is 37.4 Å². The summed E-state index contributed by atoms with van der Waals surface area (Å²) >= 11 is 9.03. The molecule has 10 rings (SSSR count). The van der Waals surface area contributed by atoms with Crippen LogP contribution in [0.3, 0.4) is 0 Å². The van der Waals surface area contributed by atoms with Crippen LogP contribution < -0.4 is 30.0 Å². The number of unbranched alkanes of at least 4 members (excludes halogenated alkanes) is 7. The molecule has 372 valence electrons. The molecule has 2 fully saturated rings. The van der Waals surface area contributed by atoms with Crippen molar-refractivity contribution in [3.05, 3.63) is 152 Å². The Labute approximate surface area is 437 Å². The molecular weight excluding hydrogens is 977 g/mol. The Morgan fingerprint density at radius 3 is 2.25 bits per heavy atom. The quantitative estimate of drug-likeness (QED) is 0.0663. The lowest BCUT2D eigenvalue weighted by Crippen LogP contribution is -2.31. The van der Waals surface area contributed by atoms with Crippen LogP contribution >= 0.6 is 46.7 Å². The molecule has 2 atom stereocenters. The molecule has 4 aliphatic rings. The third-order valence-corrected chi connectivity index (χ3v) is 18.5. The summed E-state index contributed by atoms with van der Waals surface area (Å²) in [6, 6.07) is 30.6. The van der Waals surface area contributed by atoms with E-state index in [4.69, 9.17) is 17.0 Å². The van der Waals surface area contributed by atoms with Gasteiger partial charge in [-0.1, -0.05) is 138 Å². The number of anilines is 2. The topological polar surface area (TPSA) is 114 Å². The second kappa shape index (κ2) is 21.7. The number of rotatable bonds is 18. The van der Waals surface area contributed by atoms with Crippen molar-refractivity contribution in [1.29, 1.82) is 0 Å². The second-order valence-corrected chi connectivity index (χ2v) is 22.8. The number of benzene rings is 4. The zero-order chi connectivity index (χ0) is 50.0. The monoisotopic (exact) mass is 1040 g/mol. The number of carboxylic acid groups (broad SMARTS) is 1. The highest BCUT2D eigenvalue weighted by molar-refractivity contribution is 8.30. The van der Waals surface area contributed by atoms with Gasteiger partial charge >= 0.3 is 5.97 Å². The van der Waals surface area contributed by atoms with Gasteiger partial charge in [0.05, 0.1) is 11.1 Å². The molecule has 1 N–H and O–H groups in total. The van der Waals surface area contributed by atoms with Gasteiger partial charge in [0.2, 0.25) is 0 Å². The van der Waals surface area contributed by atoms with E-state index in [1.165, 1.54) is 54.6 Å². The number of hydrogen-bond donors (Lipinski definition) is 1. The molecule has 0 bridgehead atoms. The minimum atomic E-state index is -1.19. The van der Waals surface area contributed by atoms with Crippen LogP contribution in [0, 0.1) is 9.20 Å². The fourth-order valence-electron chi connectivity index (χ4n) is 10.9. The fourth-order valence-corrected chi connectivity index (χ4v) is 14.9. The molecule has 1 amide bonds. The van der Waals surface area contributed by atoms with Gasteiger partial charge in [0, 0.05) is 36.4 Å². The minimum absolute atomic E-state index is 0.246. The number of aliphatic carboxylic acids is 1. The van der Waals surface area contributed by atoms with Crippen molar-refractivity contribution in [2.45, 2.75) is 123 Å². The smallest absolute Gasteiger partial charge is 0.323 e. The van der Waals surface area contributed by atoms with Crippen molar-refractivity contribution in [2.24, 2.45) is 0 Å². The van der Waals surface area contributed by atoms with Crippen molar-refractivity contribution >= 4 is 96.9 Å². The van der Waals surface area contributed by atoms with Crippen LogP contribution in [0.1, 0.15) is 132 Å². The zero-order valence-corrected chi connectivity index (χ0v) is 44.4. The van der Waals surface area contributed by atoms with Crippen molar-refractivity contribution in [3.63, 3.8) is 0 Å². The number of carbonyl (C=O) groups excluding carboxylic acids is 1. The van der Waals surface area contributed by atoms with Crippen LogP contribution in [-0.4, -0.2) is 54.5 Å². The first-order valence-corrected chi connectivity index (χ1v) is 28.5. The number of carbonyl (C=O) groups is 2. The van der Waals surface area contributed by atoms with Crippen LogP contribution in [0.4, 0.5) is 11.4 Å². The number of thioether (sulfide) groups is 1. The first-order chi connectivity index (χ1) is 35.1. The lowest BCUT2D eigenvalue weighted by atomic mass is 9.96. The molecule has 10 nitrogen and oxygen atoms in total.